The summed E-state index contributed by atoms with van der Waals surface area (Å²) >= 11 is 0. The zero-order chi connectivity index (χ0) is 14.0. The monoisotopic (exact) mass is 263 g/mol. The van der Waals surface area contributed by atoms with Crippen LogP contribution in [0, 0.1) is 23.1 Å². The van der Waals surface area contributed by atoms with Crippen LogP contribution in [0.4, 0.5) is 4.39 Å². The lowest BCUT2D eigenvalue weighted by Crippen LogP contribution is -2.40. The molecule has 3 atom stereocenters. The van der Waals surface area contributed by atoms with Crippen molar-refractivity contribution in [1.82, 2.24) is 0 Å². The largest absolute Gasteiger partial charge is 0.327 e. The molecule has 19 heavy (non-hydrogen) atoms. The van der Waals surface area contributed by atoms with E-state index in [0.29, 0.717) is 17.4 Å². The first-order valence-corrected chi connectivity index (χ1v) is 7.36. The summed E-state index contributed by atoms with van der Waals surface area (Å²) in [4.78, 5) is 0. The molecule has 1 saturated carbocycles. The third-order valence-corrected chi connectivity index (χ3v) is 4.68. The normalized spacial score (nSPS) is 28.4. The minimum absolute atomic E-state index is 0.163. The van der Waals surface area contributed by atoms with E-state index in [4.69, 9.17) is 5.73 Å². The lowest BCUT2D eigenvalue weighted by Gasteiger charge is -2.40. The van der Waals surface area contributed by atoms with Crippen LogP contribution < -0.4 is 5.73 Å². The highest BCUT2D eigenvalue weighted by atomic mass is 19.1. The Morgan fingerprint density at radius 2 is 1.79 bits per heavy atom. The summed E-state index contributed by atoms with van der Waals surface area (Å²) in [5, 5.41) is 0. The Hall–Kier alpha value is -0.890. The Morgan fingerprint density at radius 3 is 2.37 bits per heavy atom. The Balaban J connectivity index is 2.03. The third-order valence-electron chi connectivity index (χ3n) is 4.68. The van der Waals surface area contributed by atoms with Crippen LogP contribution in [0.3, 0.4) is 0 Å². The molecule has 0 saturated heterocycles. The summed E-state index contributed by atoms with van der Waals surface area (Å²) < 4.78 is 12.9. The number of rotatable bonds is 2. The van der Waals surface area contributed by atoms with E-state index in [1.807, 2.05) is 12.1 Å². The van der Waals surface area contributed by atoms with Crippen molar-refractivity contribution in [1.29, 1.82) is 0 Å². The first-order chi connectivity index (χ1) is 8.86. The number of hydrogen-bond donors (Lipinski definition) is 1. The highest BCUT2D eigenvalue weighted by molar-refractivity contribution is 5.17. The molecule has 0 spiro atoms. The van der Waals surface area contributed by atoms with Crippen LogP contribution >= 0.6 is 0 Å². The fourth-order valence-electron chi connectivity index (χ4n) is 3.23. The number of halogens is 1. The first-order valence-electron chi connectivity index (χ1n) is 7.36. The summed E-state index contributed by atoms with van der Waals surface area (Å²) in [6.07, 6.45) is 4.54. The Labute approximate surface area is 116 Å². The molecule has 1 nitrogen and oxygen atoms in total. The van der Waals surface area contributed by atoms with Gasteiger partial charge < -0.3 is 5.73 Å². The van der Waals surface area contributed by atoms with Crippen molar-refractivity contribution in [2.24, 2.45) is 23.0 Å². The molecule has 0 heterocycles. The molecule has 1 aliphatic carbocycles. The van der Waals surface area contributed by atoms with Crippen molar-refractivity contribution in [3.8, 4) is 0 Å². The molecule has 0 amide bonds. The van der Waals surface area contributed by atoms with Crippen LogP contribution in [0.15, 0.2) is 24.3 Å². The third kappa shape index (κ3) is 3.79. The molecule has 1 aromatic carbocycles. The van der Waals surface area contributed by atoms with E-state index in [1.165, 1.54) is 18.4 Å². The zero-order valence-electron chi connectivity index (χ0n) is 12.3. The number of benzene rings is 1. The second kappa shape index (κ2) is 5.62. The average molecular weight is 263 g/mol. The molecule has 0 radical (unpaired) electrons. The smallest absolute Gasteiger partial charge is 0.123 e. The lowest BCUT2D eigenvalue weighted by atomic mass is 9.66. The van der Waals surface area contributed by atoms with E-state index in [9.17, 15) is 4.39 Å². The second-order valence-electron chi connectivity index (χ2n) is 7.13. The molecule has 3 unspecified atom stereocenters. The Kier molecular flexibility index (Phi) is 4.29. The highest BCUT2D eigenvalue weighted by Gasteiger charge is 2.34. The molecule has 1 fully saturated rings. The van der Waals surface area contributed by atoms with E-state index in [2.05, 4.69) is 20.8 Å². The van der Waals surface area contributed by atoms with Gasteiger partial charge >= 0.3 is 0 Å². The van der Waals surface area contributed by atoms with Gasteiger partial charge in [0.1, 0.15) is 5.82 Å². The molecule has 1 aliphatic rings. The van der Waals surface area contributed by atoms with Gasteiger partial charge in [0.2, 0.25) is 0 Å². The summed E-state index contributed by atoms with van der Waals surface area (Å²) in [5.41, 5.74) is 7.86. The predicted molar refractivity (Wildman–Crippen MR) is 78.4 cm³/mol. The maximum absolute atomic E-state index is 12.9. The van der Waals surface area contributed by atoms with Crippen LogP contribution in [0.1, 0.15) is 45.6 Å². The Bertz CT molecular complexity index is 404. The molecular weight excluding hydrogens is 237 g/mol. The van der Waals surface area contributed by atoms with Crippen molar-refractivity contribution in [2.75, 3.05) is 0 Å². The van der Waals surface area contributed by atoms with Gasteiger partial charge in [0.05, 0.1) is 0 Å². The van der Waals surface area contributed by atoms with Crippen LogP contribution in [0.2, 0.25) is 0 Å². The maximum atomic E-state index is 12.9. The molecule has 2 rings (SSSR count). The number of hydrogen-bond acceptors (Lipinski definition) is 1. The van der Waals surface area contributed by atoms with Gasteiger partial charge in [0.25, 0.3) is 0 Å². The highest BCUT2D eigenvalue weighted by Crippen LogP contribution is 2.40. The van der Waals surface area contributed by atoms with Crippen LogP contribution in [-0.4, -0.2) is 6.04 Å². The van der Waals surface area contributed by atoms with Crippen LogP contribution in [0.5, 0.6) is 0 Å². The first kappa shape index (κ1) is 14.5. The zero-order valence-corrected chi connectivity index (χ0v) is 12.3. The van der Waals surface area contributed by atoms with Crippen LogP contribution in [0.25, 0.3) is 0 Å². The second-order valence-corrected chi connectivity index (χ2v) is 7.13. The van der Waals surface area contributed by atoms with Gasteiger partial charge in [-0.3, -0.25) is 0 Å². The van der Waals surface area contributed by atoms with Gasteiger partial charge in [0, 0.05) is 6.04 Å². The van der Waals surface area contributed by atoms with Gasteiger partial charge in [-0.05, 0) is 60.6 Å². The number of nitrogens with two attached hydrogens (primary N) is 1. The SMILES string of the molecule is CC(C)(C)C1CCC(N)C(Cc2ccc(F)cc2)C1. The minimum atomic E-state index is -0.163. The summed E-state index contributed by atoms with van der Waals surface area (Å²) in [7, 11) is 0. The summed E-state index contributed by atoms with van der Waals surface area (Å²) in [6, 6.07) is 7.17. The van der Waals surface area contributed by atoms with Crippen molar-refractivity contribution >= 4 is 0 Å². The van der Waals surface area contributed by atoms with E-state index >= 15 is 0 Å². The average Bonchev–Trinajstić information content (AvgIpc) is 2.33. The van der Waals surface area contributed by atoms with Crippen molar-refractivity contribution < 1.29 is 4.39 Å². The minimum Gasteiger partial charge on any atom is -0.327 e. The van der Waals surface area contributed by atoms with E-state index in [-0.39, 0.29) is 5.82 Å². The van der Waals surface area contributed by atoms with Gasteiger partial charge in [0.15, 0.2) is 0 Å². The molecule has 106 valence electrons. The maximum Gasteiger partial charge on any atom is 0.123 e. The lowest BCUT2D eigenvalue weighted by molar-refractivity contribution is 0.127. The summed E-state index contributed by atoms with van der Waals surface area (Å²) in [6.45, 7) is 6.97. The standard InChI is InChI=1S/C17H26FN/c1-17(2,3)14-6-9-16(19)13(11-14)10-12-4-7-15(18)8-5-12/h4-5,7-8,13-14,16H,6,9-11,19H2,1-3H3. The molecule has 0 bridgehead atoms. The van der Waals surface area contributed by atoms with Gasteiger partial charge in [-0.2, -0.15) is 0 Å². The molecule has 2 heteroatoms. The molecule has 0 aromatic heterocycles. The Morgan fingerprint density at radius 1 is 1.16 bits per heavy atom. The quantitative estimate of drug-likeness (QED) is 0.852. The topological polar surface area (TPSA) is 26.0 Å². The molecular formula is C17H26FN. The summed E-state index contributed by atoms with van der Waals surface area (Å²) in [5.74, 6) is 1.12. The molecule has 0 aliphatic heterocycles. The van der Waals surface area contributed by atoms with E-state index in [0.717, 1.165) is 18.8 Å². The van der Waals surface area contributed by atoms with E-state index in [1.54, 1.807) is 12.1 Å². The molecule has 2 N–H and O–H groups in total. The molecule has 1 aromatic rings. The van der Waals surface area contributed by atoms with Crippen molar-refractivity contribution in [3.05, 3.63) is 35.6 Å². The fraction of sp³-hybridized carbons (Fsp3) is 0.647. The fourth-order valence-corrected chi connectivity index (χ4v) is 3.23. The van der Waals surface area contributed by atoms with Crippen molar-refractivity contribution in [3.63, 3.8) is 0 Å². The predicted octanol–water partition coefficient (Wildman–Crippen LogP) is 4.16. The van der Waals surface area contributed by atoms with Gasteiger partial charge in [-0.25, -0.2) is 4.39 Å². The van der Waals surface area contributed by atoms with Gasteiger partial charge in [-0.1, -0.05) is 32.9 Å². The van der Waals surface area contributed by atoms with Crippen LogP contribution in [-0.2, 0) is 6.42 Å². The van der Waals surface area contributed by atoms with E-state index < -0.39 is 0 Å². The van der Waals surface area contributed by atoms with Gasteiger partial charge in [-0.15, -0.1) is 0 Å². The van der Waals surface area contributed by atoms with Crippen molar-refractivity contribution in [2.45, 2.75) is 52.5 Å².